The molecule has 0 bridgehead atoms. The first-order chi connectivity index (χ1) is 11.7. The van der Waals surface area contributed by atoms with Gasteiger partial charge in [-0.25, -0.2) is 9.78 Å². The summed E-state index contributed by atoms with van der Waals surface area (Å²) in [6.45, 7) is 6.26. The van der Waals surface area contributed by atoms with E-state index in [4.69, 9.17) is 16.3 Å². The maximum Gasteiger partial charge on any atom is 0.410 e. The summed E-state index contributed by atoms with van der Waals surface area (Å²) in [6, 6.07) is 7.70. The molecule has 1 aliphatic rings. The molecule has 0 spiro atoms. The van der Waals surface area contributed by atoms with Crippen LogP contribution in [0, 0.1) is 0 Å². The molecule has 1 aliphatic heterocycles. The normalized spacial score (nSPS) is 17.8. The van der Waals surface area contributed by atoms with Crippen LogP contribution in [-0.2, 0) is 4.74 Å². The number of aromatic nitrogens is 2. The summed E-state index contributed by atoms with van der Waals surface area (Å²) in [4.78, 5) is 22.0. The minimum Gasteiger partial charge on any atom is -0.444 e. The fourth-order valence-corrected chi connectivity index (χ4v) is 3.44. The van der Waals surface area contributed by atoms with Crippen LogP contribution in [0.4, 0.5) is 4.79 Å². The molecule has 5 nitrogen and oxygen atoms in total. The number of nitrogens with one attached hydrogen (secondary N) is 1. The SMILES string of the molecule is CC(C)(C)OC(=O)N1CCC[C@H]1c1nc(Cl)c(-c2ccc(Br)cc2)[nH]1. The van der Waals surface area contributed by atoms with Gasteiger partial charge >= 0.3 is 6.09 Å². The molecule has 2 heterocycles. The van der Waals surface area contributed by atoms with Crippen molar-refractivity contribution in [3.63, 3.8) is 0 Å². The Morgan fingerprint density at radius 3 is 2.68 bits per heavy atom. The van der Waals surface area contributed by atoms with Gasteiger partial charge in [-0.15, -0.1) is 0 Å². The molecule has 0 unspecified atom stereocenters. The third-order valence-electron chi connectivity index (χ3n) is 4.01. The molecule has 1 amide bonds. The number of carbonyl (C=O) groups excluding carboxylic acids is 1. The molecule has 0 saturated carbocycles. The van der Waals surface area contributed by atoms with E-state index in [0.29, 0.717) is 17.5 Å². The highest BCUT2D eigenvalue weighted by Crippen LogP contribution is 2.35. The van der Waals surface area contributed by atoms with Crippen molar-refractivity contribution < 1.29 is 9.53 Å². The van der Waals surface area contributed by atoms with E-state index in [0.717, 1.165) is 28.6 Å². The highest BCUT2D eigenvalue weighted by atomic mass is 79.9. The molecule has 1 aromatic heterocycles. The third kappa shape index (κ3) is 4.18. The van der Waals surface area contributed by atoms with E-state index in [-0.39, 0.29) is 12.1 Å². The lowest BCUT2D eigenvalue weighted by atomic mass is 10.2. The molecular weight excluding hydrogens is 406 g/mol. The average molecular weight is 427 g/mol. The number of imidazole rings is 1. The highest BCUT2D eigenvalue weighted by Gasteiger charge is 2.35. The number of hydrogen-bond acceptors (Lipinski definition) is 3. The first kappa shape index (κ1) is 18.3. The Hall–Kier alpha value is -1.53. The van der Waals surface area contributed by atoms with Gasteiger partial charge in [0.1, 0.15) is 11.4 Å². The topological polar surface area (TPSA) is 58.2 Å². The number of carbonyl (C=O) groups is 1. The second kappa shape index (κ2) is 7.00. The molecule has 3 rings (SSSR count). The highest BCUT2D eigenvalue weighted by molar-refractivity contribution is 9.10. The van der Waals surface area contributed by atoms with E-state index in [1.165, 1.54) is 0 Å². The van der Waals surface area contributed by atoms with Gasteiger partial charge < -0.3 is 9.72 Å². The fraction of sp³-hybridized carbons (Fsp3) is 0.444. The van der Waals surface area contributed by atoms with Crippen molar-refractivity contribution in [3.8, 4) is 11.3 Å². The van der Waals surface area contributed by atoms with Crippen LogP contribution >= 0.6 is 27.5 Å². The number of ether oxygens (including phenoxy) is 1. The second-order valence-corrected chi connectivity index (χ2v) is 8.40. The number of benzene rings is 1. The molecule has 134 valence electrons. The predicted molar refractivity (Wildman–Crippen MR) is 102 cm³/mol. The number of amides is 1. The molecule has 7 heteroatoms. The van der Waals surface area contributed by atoms with E-state index in [9.17, 15) is 4.79 Å². The number of aromatic amines is 1. The Morgan fingerprint density at radius 2 is 2.04 bits per heavy atom. The van der Waals surface area contributed by atoms with Crippen LogP contribution in [0.3, 0.4) is 0 Å². The van der Waals surface area contributed by atoms with E-state index in [2.05, 4.69) is 25.9 Å². The van der Waals surface area contributed by atoms with Crippen LogP contribution in [0.25, 0.3) is 11.3 Å². The summed E-state index contributed by atoms with van der Waals surface area (Å²) < 4.78 is 6.51. The van der Waals surface area contributed by atoms with E-state index in [1.54, 1.807) is 4.90 Å². The zero-order chi connectivity index (χ0) is 18.2. The van der Waals surface area contributed by atoms with E-state index >= 15 is 0 Å². The number of H-pyrrole nitrogens is 1. The summed E-state index contributed by atoms with van der Waals surface area (Å²) >= 11 is 9.77. The molecule has 1 saturated heterocycles. The van der Waals surface area contributed by atoms with Crippen molar-refractivity contribution in [3.05, 3.63) is 39.7 Å². The standard InChI is InChI=1S/C18H21BrClN3O2/c1-18(2,3)25-17(24)23-10-4-5-13(23)16-21-14(15(20)22-16)11-6-8-12(19)9-7-11/h6-9,13H,4-5,10H2,1-3H3,(H,21,22)/t13-/m0/s1. The van der Waals surface area contributed by atoms with Gasteiger partial charge in [-0.1, -0.05) is 39.7 Å². The van der Waals surface area contributed by atoms with Gasteiger partial charge in [0, 0.05) is 16.6 Å². The Morgan fingerprint density at radius 1 is 1.36 bits per heavy atom. The van der Waals surface area contributed by atoms with Crippen LogP contribution in [0.1, 0.15) is 45.5 Å². The molecule has 1 fully saturated rings. The first-order valence-electron chi connectivity index (χ1n) is 8.25. The monoisotopic (exact) mass is 425 g/mol. The van der Waals surface area contributed by atoms with E-state index < -0.39 is 5.60 Å². The zero-order valence-corrected chi connectivity index (χ0v) is 16.8. The van der Waals surface area contributed by atoms with Gasteiger partial charge in [-0.05, 0) is 45.7 Å². The first-order valence-corrected chi connectivity index (χ1v) is 9.42. The number of rotatable bonds is 2. The minimum absolute atomic E-state index is 0.142. The lowest BCUT2D eigenvalue weighted by Gasteiger charge is -2.27. The fourth-order valence-electron chi connectivity index (χ4n) is 2.92. The summed E-state index contributed by atoms with van der Waals surface area (Å²) in [7, 11) is 0. The molecule has 25 heavy (non-hydrogen) atoms. The van der Waals surface area contributed by atoms with Gasteiger partial charge in [0.25, 0.3) is 0 Å². The van der Waals surface area contributed by atoms with Crippen LogP contribution in [0.5, 0.6) is 0 Å². The smallest absolute Gasteiger partial charge is 0.410 e. The predicted octanol–water partition coefficient (Wildman–Crippen LogP) is 5.56. The van der Waals surface area contributed by atoms with Crippen LogP contribution in [0.2, 0.25) is 5.15 Å². The Kier molecular flexibility index (Phi) is 5.11. The molecule has 2 aromatic rings. The average Bonchev–Trinajstić information content (AvgIpc) is 3.13. The Labute approximate surface area is 160 Å². The number of halogens is 2. The van der Waals surface area contributed by atoms with Gasteiger partial charge in [0.2, 0.25) is 0 Å². The van der Waals surface area contributed by atoms with Crippen molar-refractivity contribution in [1.82, 2.24) is 14.9 Å². The lowest BCUT2D eigenvalue weighted by molar-refractivity contribution is 0.0219. The number of hydrogen-bond donors (Lipinski definition) is 1. The minimum atomic E-state index is -0.520. The summed E-state index contributed by atoms with van der Waals surface area (Å²) in [5.41, 5.74) is 1.20. The molecule has 1 aromatic carbocycles. The van der Waals surface area contributed by atoms with Crippen molar-refractivity contribution in [2.45, 2.75) is 45.3 Å². The second-order valence-electron chi connectivity index (χ2n) is 7.13. The lowest BCUT2D eigenvalue weighted by Crippen LogP contribution is -2.36. The van der Waals surface area contributed by atoms with Gasteiger partial charge in [0.15, 0.2) is 5.15 Å². The summed E-state index contributed by atoms with van der Waals surface area (Å²) in [6.07, 6.45) is 1.44. The quantitative estimate of drug-likeness (QED) is 0.683. The van der Waals surface area contributed by atoms with Gasteiger partial charge in [-0.3, -0.25) is 4.90 Å². The Bertz CT molecular complexity index is 768. The van der Waals surface area contributed by atoms with Crippen LogP contribution < -0.4 is 0 Å². The van der Waals surface area contributed by atoms with Gasteiger partial charge in [-0.2, -0.15) is 0 Å². The van der Waals surface area contributed by atoms with Crippen molar-refractivity contribution in [2.75, 3.05) is 6.54 Å². The van der Waals surface area contributed by atoms with Gasteiger partial charge in [0.05, 0.1) is 11.7 Å². The van der Waals surface area contributed by atoms with E-state index in [1.807, 2.05) is 45.0 Å². The van der Waals surface area contributed by atoms with Crippen LogP contribution in [-0.4, -0.2) is 33.1 Å². The Balaban J connectivity index is 1.85. The largest absolute Gasteiger partial charge is 0.444 e. The maximum absolute atomic E-state index is 12.5. The van der Waals surface area contributed by atoms with Crippen molar-refractivity contribution in [1.29, 1.82) is 0 Å². The summed E-state index contributed by atoms with van der Waals surface area (Å²) in [5, 5.41) is 0.411. The number of nitrogens with zero attached hydrogens (tertiary/aromatic N) is 2. The molecule has 1 N–H and O–H groups in total. The van der Waals surface area contributed by atoms with Crippen LogP contribution in [0.15, 0.2) is 28.7 Å². The maximum atomic E-state index is 12.5. The molecular formula is C18H21BrClN3O2. The molecule has 0 radical (unpaired) electrons. The third-order valence-corrected chi connectivity index (χ3v) is 4.81. The number of likely N-dealkylation sites (tertiary alicyclic amines) is 1. The van der Waals surface area contributed by atoms with Crippen molar-refractivity contribution >= 4 is 33.6 Å². The molecule has 0 aliphatic carbocycles. The summed E-state index contributed by atoms with van der Waals surface area (Å²) in [5.74, 6) is 0.700. The molecule has 1 atom stereocenters. The van der Waals surface area contributed by atoms with Crippen molar-refractivity contribution in [2.24, 2.45) is 0 Å². The zero-order valence-electron chi connectivity index (χ0n) is 14.5.